The number of benzene rings is 11. The first kappa shape index (κ1) is 38.7. The number of nitrogens with zero attached hydrogens (tertiary/aromatic N) is 4. The molecule has 0 N–H and O–H groups in total. The molecule has 70 heavy (non-hydrogen) atoms. The van der Waals surface area contributed by atoms with Gasteiger partial charge in [0.05, 0.1) is 44.1 Å². The number of rotatable bonds is 6. The summed E-state index contributed by atoms with van der Waals surface area (Å²) in [4.78, 5) is 0. The predicted molar refractivity (Wildman–Crippen MR) is 295 cm³/mol. The standard InChI is InChI=1S/C66H42N4/c1-5-21-45(22-6-1)67-57-33-17-13-29-49(57)55-41-53(61-51-31-15-19-35-59(51)69(65(61)63(55)67)47-25-9-3-10-26-47)43-37-39-44(40-38-43)54-42-56-50-30-14-18-34-58(50)68(46-23-7-2-8-24-46)64(56)66-62(54)52-32-16-20-36-60(52)70(66)48-27-11-4-12-28-48/h1-42H. The van der Waals surface area contributed by atoms with Crippen molar-refractivity contribution in [3.05, 3.63) is 255 Å². The van der Waals surface area contributed by atoms with Crippen LogP contribution in [0.4, 0.5) is 0 Å². The summed E-state index contributed by atoms with van der Waals surface area (Å²) in [7, 11) is 0. The third-order valence-electron chi connectivity index (χ3n) is 14.7. The minimum atomic E-state index is 1.13. The van der Waals surface area contributed by atoms with Crippen molar-refractivity contribution in [2.45, 2.75) is 0 Å². The molecule has 0 aliphatic carbocycles. The molecule has 0 radical (unpaired) electrons. The molecule has 0 atom stereocenters. The molecule has 4 aromatic heterocycles. The quantitative estimate of drug-likeness (QED) is 0.158. The summed E-state index contributed by atoms with van der Waals surface area (Å²) < 4.78 is 9.92. The topological polar surface area (TPSA) is 19.7 Å². The van der Waals surface area contributed by atoms with Gasteiger partial charge in [0.1, 0.15) is 0 Å². The van der Waals surface area contributed by atoms with E-state index in [4.69, 9.17) is 0 Å². The summed E-state index contributed by atoms with van der Waals surface area (Å²) in [6.07, 6.45) is 0. The second-order valence-electron chi connectivity index (χ2n) is 18.4. The van der Waals surface area contributed by atoms with Gasteiger partial charge in [0.25, 0.3) is 0 Å². The third-order valence-corrected chi connectivity index (χ3v) is 14.7. The number of hydrogen-bond donors (Lipinski definition) is 0. The molecule has 4 heteroatoms. The molecule has 0 amide bonds. The van der Waals surface area contributed by atoms with E-state index in [1.807, 2.05) is 0 Å². The van der Waals surface area contributed by atoms with E-state index >= 15 is 0 Å². The van der Waals surface area contributed by atoms with Crippen LogP contribution in [0.3, 0.4) is 0 Å². The van der Waals surface area contributed by atoms with Crippen LogP contribution < -0.4 is 0 Å². The van der Waals surface area contributed by atoms with Gasteiger partial charge in [0.2, 0.25) is 0 Å². The van der Waals surface area contributed by atoms with Crippen molar-refractivity contribution >= 4 is 87.2 Å². The molecule has 0 fully saturated rings. The Labute approximate surface area is 403 Å². The Kier molecular flexibility index (Phi) is 8.33. The number of hydrogen-bond acceptors (Lipinski definition) is 0. The fraction of sp³-hybridized carbons (Fsp3) is 0. The summed E-state index contributed by atoms with van der Waals surface area (Å²) in [5, 5.41) is 9.83. The SMILES string of the molecule is c1ccc(-n2c3ccccc3c3cc(-c4ccc(-c5cc6c7ccccc7n(-c7ccccc7)c6c6c5c5ccccc5n6-c5ccccc5)cc4)c4c5ccccc5n(-c5ccccc5)c4c32)cc1. The molecule has 0 spiro atoms. The highest BCUT2D eigenvalue weighted by Crippen LogP contribution is 2.49. The Bertz CT molecular complexity index is 4240. The Morgan fingerprint density at radius 3 is 0.786 bits per heavy atom. The van der Waals surface area contributed by atoms with Gasteiger partial charge in [-0.2, -0.15) is 0 Å². The van der Waals surface area contributed by atoms with Crippen LogP contribution in [0.1, 0.15) is 0 Å². The average Bonchev–Trinajstić information content (AvgIpc) is 4.17. The molecule has 0 aliphatic rings. The largest absolute Gasteiger partial charge is 0.307 e. The molecule has 326 valence electrons. The van der Waals surface area contributed by atoms with Crippen LogP contribution in [0.25, 0.3) is 132 Å². The van der Waals surface area contributed by atoms with Crippen molar-refractivity contribution < 1.29 is 0 Å². The van der Waals surface area contributed by atoms with E-state index in [1.54, 1.807) is 0 Å². The van der Waals surface area contributed by atoms with Gasteiger partial charge in [-0.15, -0.1) is 0 Å². The van der Waals surface area contributed by atoms with Gasteiger partial charge in [0, 0.05) is 65.8 Å². The van der Waals surface area contributed by atoms with Crippen LogP contribution in [-0.2, 0) is 0 Å². The predicted octanol–water partition coefficient (Wildman–Crippen LogP) is 17.4. The monoisotopic (exact) mass is 890 g/mol. The van der Waals surface area contributed by atoms with Crippen molar-refractivity contribution in [1.29, 1.82) is 0 Å². The van der Waals surface area contributed by atoms with E-state index in [2.05, 4.69) is 273 Å². The molecular formula is C66H42N4. The Hall–Kier alpha value is -9.38. The van der Waals surface area contributed by atoms with Crippen molar-refractivity contribution in [1.82, 2.24) is 18.3 Å². The average molecular weight is 891 g/mol. The summed E-state index contributed by atoms with van der Waals surface area (Å²) >= 11 is 0. The Morgan fingerprint density at radius 1 is 0.200 bits per heavy atom. The lowest BCUT2D eigenvalue weighted by Gasteiger charge is -2.15. The molecule has 0 saturated heterocycles. The Balaban J connectivity index is 1.05. The third kappa shape index (κ3) is 5.47. The van der Waals surface area contributed by atoms with E-state index in [0.717, 1.165) is 22.7 Å². The molecule has 4 heterocycles. The van der Waals surface area contributed by atoms with Crippen LogP contribution in [0, 0.1) is 0 Å². The molecule has 11 aromatic carbocycles. The maximum absolute atomic E-state index is 2.49. The van der Waals surface area contributed by atoms with E-state index in [1.165, 1.54) is 109 Å². The lowest BCUT2D eigenvalue weighted by Crippen LogP contribution is -1.99. The van der Waals surface area contributed by atoms with Gasteiger partial charge in [-0.3, -0.25) is 0 Å². The fourth-order valence-corrected chi connectivity index (χ4v) is 11.9. The van der Waals surface area contributed by atoms with Crippen molar-refractivity contribution in [3.8, 4) is 45.0 Å². The van der Waals surface area contributed by atoms with Crippen LogP contribution in [0.15, 0.2) is 255 Å². The van der Waals surface area contributed by atoms with Gasteiger partial charge >= 0.3 is 0 Å². The van der Waals surface area contributed by atoms with Crippen molar-refractivity contribution in [3.63, 3.8) is 0 Å². The summed E-state index contributed by atoms with van der Waals surface area (Å²) in [6.45, 7) is 0. The summed E-state index contributed by atoms with van der Waals surface area (Å²) in [6, 6.07) is 93.4. The van der Waals surface area contributed by atoms with E-state index < -0.39 is 0 Å². The summed E-state index contributed by atoms with van der Waals surface area (Å²) in [5.74, 6) is 0. The van der Waals surface area contributed by atoms with Gasteiger partial charge in [-0.05, 0) is 107 Å². The van der Waals surface area contributed by atoms with E-state index in [-0.39, 0.29) is 0 Å². The van der Waals surface area contributed by atoms with Crippen molar-refractivity contribution in [2.24, 2.45) is 0 Å². The van der Waals surface area contributed by atoms with Gasteiger partial charge in [-0.25, -0.2) is 0 Å². The zero-order chi connectivity index (χ0) is 45.9. The highest BCUT2D eigenvalue weighted by atomic mass is 15.1. The number of fused-ring (bicyclic) bond motifs is 14. The minimum Gasteiger partial charge on any atom is -0.307 e. The van der Waals surface area contributed by atoms with Crippen LogP contribution in [0.2, 0.25) is 0 Å². The lowest BCUT2D eigenvalue weighted by atomic mass is 9.93. The van der Waals surface area contributed by atoms with Gasteiger partial charge < -0.3 is 18.3 Å². The maximum atomic E-state index is 2.49. The first-order valence-electron chi connectivity index (χ1n) is 24.1. The van der Waals surface area contributed by atoms with E-state index in [9.17, 15) is 0 Å². The highest BCUT2D eigenvalue weighted by Gasteiger charge is 2.27. The maximum Gasteiger partial charge on any atom is 0.0795 e. The second-order valence-corrected chi connectivity index (χ2v) is 18.4. The molecule has 0 saturated carbocycles. The molecular weight excluding hydrogens is 849 g/mol. The summed E-state index contributed by atoms with van der Waals surface area (Å²) in [5.41, 5.74) is 18.8. The fourth-order valence-electron chi connectivity index (χ4n) is 11.9. The lowest BCUT2D eigenvalue weighted by molar-refractivity contribution is 1.15. The van der Waals surface area contributed by atoms with Crippen LogP contribution in [-0.4, -0.2) is 18.3 Å². The Morgan fingerprint density at radius 2 is 0.457 bits per heavy atom. The molecule has 0 bridgehead atoms. The van der Waals surface area contributed by atoms with Crippen LogP contribution >= 0.6 is 0 Å². The van der Waals surface area contributed by atoms with Gasteiger partial charge in [-0.1, -0.05) is 170 Å². The second kappa shape index (κ2) is 15.1. The zero-order valence-electron chi connectivity index (χ0n) is 38.0. The zero-order valence-corrected chi connectivity index (χ0v) is 38.0. The highest BCUT2D eigenvalue weighted by molar-refractivity contribution is 6.30. The van der Waals surface area contributed by atoms with Crippen LogP contribution in [0.5, 0.6) is 0 Å². The van der Waals surface area contributed by atoms with Crippen molar-refractivity contribution in [2.75, 3.05) is 0 Å². The number of aromatic nitrogens is 4. The van der Waals surface area contributed by atoms with Gasteiger partial charge in [0.15, 0.2) is 0 Å². The molecule has 0 aliphatic heterocycles. The normalized spacial score (nSPS) is 12.0. The minimum absolute atomic E-state index is 1.13. The number of para-hydroxylation sites is 8. The smallest absolute Gasteiger partial charge is 0.0795 e. The first-order chi connectivity index (χ1) is 34.8. The molecule has 15 aromatic rings. The van der Waals surface area contributed by atoms with E-state index in [0.29, 0.717) is 0 Å². The molecule has 0 unspecified atom stereocenters. The molecule has 4 nitrogen and oxygen atoms in total. The molecule has 15 rings (SSSR count). The first-order valence-corrected chi connectivity index (χ1v) is 24.1.